The minimum absolute atomic E-state index is 0.0168. The number of ether oxygens (including phenoxy) is 3. The highest BCUT2D eigenvalue weighted by Crippen LogP contribution is 2.37. The highest BCUT2D eigenvalue weighted by Gasteiger charge is 2.44. The number of carbonyl (C=O) groups is 3. The van der Waals surface area contributed by atoms with Crippen LogP contribution in [0.4, 0.5) is 0 Å². The number of benzene rings is 1. The molecule has 14 heteroatoms. The van der Waals surface area contributed by atoms with E-state index < -0.39 is 39.1 Å². The molecule has 3 saturated carbocycles. The van der Waals surface area contributed by atoms with Gasteiger partial charge < -0.3 is 24.8 Å². The fraction of sp³-hybridized carbons (Fsp3) is 0.583. The third-order valence-electron chi connectivity index (χ3n) is 9.98. The van der Waals surface area contributed by atoms with Gasteiger partial charge in [0.2, 0.25) is 33.6 Å². The molecule has 1 aromatic carbocycles. The Morgan fingerprint density at radius 1 is 0.960 bits per heavy atom. The summed E-state index contributed by atoms with van der Waals surface area (Å²) in [6.45, 7) is 0.516. The average molecular weight is 712 g/mol. The number of hydrogen-bond acceptors (Lipinski definition) is 10. The van der Waals surface area contributed by atoms with Crippen LogP contribution in [-0.2, 0) is 24.4 Å². The molecule has 13 nitrogen and oxygen atoms in total. The van der Waals surface area contributed by atoms with E-state index in [4.69, 9.17) is 19.9 Å². The Hall–Kier alpha value is -4.20. The SMILES string of the molecule is COc1ccc(-c2cc(O[C@@H]3C[C@@H](C(N)=O)[C@H](C(=O)N(C)CCCC/C=C\[C@@H]4CCCC[C@@H]4C(=O)NS(=O)(=O)C4CC4)C3)nc(OC)n2)cc1. The molecule has 0 unspecified atom stereocenters. The Balaban J connectivity index is 1.11. The quantitative estimate of drug-likeness (QED) is 0.191. The van der Waals surface area contributed by atoms with Gasteiger partial charge in [0, 0.05) is 31.1 Å². The molecule has 5 rings (SSSR count). The van der Waals surface area contributed by atoms with Crippen LogP contribution in [0, 0.1) is 23.7 Å². The zero-order valence-corrected chi connectivity index (χ0v) is 29.9. The van der Waals surface area contributed by atoms with Crippen molar-refractivity contribution in [1.29, 1.82) is 0 Å². The Kier molecular flexibility index (Phi) is 12.4. The van der Waals surface area contributed by atoms with Crippen LogP contribution in [0.5, 0.6) is 17.6 Å². The van der Waals surface area contributed by atoms with E-state index >= 15 is 0 Å². The second-order valence-electron chi connectivity index (χ2n) is 13.6. The lowest BCUT2D eigenvalue weighted by Gasteiger charge is -2.28. The minimum Gasteiger partial charge on any atom is -0.497 e. The summed E-state index contributed by atoms with van der Waals surface area (Å²) >= 11 is 0. The number of aromatic nitrogens is 2. The van der Waals surface area contributed by atoms with Gasteiger partial charge in [-0.15, -0.1) is 0 Å². The molecule has 1 aromatic heterocycles. The van der Waals surface area contributed by atoms with Gasteiger partial charge in [0.15, 0.2) is 0 Å². The number of primary amides is 1. The van der Waals surface area contributed by atoms with Crippen LogP contribution < -0.4 is 24.7 Å². The van der Waals surface area contributed by atoms with Gasteiger partial charge in [-0.3, -0.25) is 19.1 Å². The highest BCUT2D eigenvalue weighted by molar-refractivity contribution is 7.90. The molecule has 3 fully saturated rings. The van der Waals surface area contributed by atoms with Crippen molar-refractivity contribution in [3.05, 3.63) is 42.5 Å². The molecule has 3 N–H and O–H groups in total. The third kappa shape index (κ3) is 9.52. The van der Waals surface area contributed by atoms with Crippen LogP contribution in [0.2, 0.25) is 0 Å². The minimum atomic E-state index is -3.56. The van der Waals surface area contributed by atoms with Crippen LogP contribution in [0.1, 0.15) is 70.6 Å². The first-order chi connectivity index (χ1) is 24.0. The van der Waals surface area contributed by atoms with E-state index in [-0.39, 0.29) is 35.5 Å². The first kappa shape index (κ1) is 37.1. The summed E-state index contributed by atoms with van der Waals surface area (Å²) in [6.07, 6.45) is 11.3. The molecule has 3 aliphatic rings. The van der Waals surface area contributed by atoms with E-state index in [0.29, 0.717) is 50.1 Å². The molecule has 272 valence electrons. The van der Waals surface area contributed by atoms with Crippen molar-refractivity contribution >= 4 is 27.7 Å². The number of hydrogen-bond donors (Lipinski definition) is 2. The molecule has 0 bridgehead atoms. The van der Waals surface area contributed by atoms with Gasteiger partial charge in [0.05, 0.1) is 37.0 Å². The first-order valence-electron chi connectivity index (χ1n) is 17.5. The Morgan fingerprint density at radius 3 is 2.36 bits per heavy atom. The molecule has 3 amide bonds. The lowest BCUT2D eigenvalue weighted by atomic mass is 9.78. The Bertz CT molecular complexity index is 1650. The maximum atomic E-state index is 13.5. The van der Waals surface area contributed by atoms with E-state index in [1.807, 2.05) is 24.3 Å². The fourth-order valence-electron chi connectivity index (χ4n) is 6.98. The van der Waals surface area contributed by atoms with Crippen molar-refractivity contribution in [3.63, 3.8) is 0 Å². The van der Waals surface area contributed by atoms with Crippen LogP contribution >= 0.6 is 0 Å². The predicted octanol–water partition coefficient (Wildman–Crippen LogP) is 4.02. The monoisotopic (exact) mass is 711 g/mol. The summed E-state index contributed by atoms with van der Waals surface area (Å²) in [4.78, 5) is 49.2. The maximum absolute atomic E-state index is 13.5. The second kappa shape index (κ2) is 16.7. The number of carbonyl (C=O) groups excluding carboxylic acids is 3. The number of nitrogens with two attached hydrogens (primary N) is 1. The average Bonchev–Trinajstić information content (AvgIpc) is 3.90. The van der Waals surface area contributed by atoms with Crippen molar-refractivity contribution in [1.82, 2.24) is 19.6 Å². The van der Waals surface area contributed by atoms with Crippen molar-refractivity contribution in [3.8, 4) is 28.9 Å². The van der Waals surface area contributed by atoms with E-state index in [1.165, 1.54) is 7.11 Å². The zero-order valence-electron chi connectivity index (χ0n) is 29.1. The highest BCUT2D eigenvalue weighted by atomic mass is 32.2. The van der Waals surface area contributed by atoms with Gasteiger partial charge in [-0.2, -0.15) is 9.97 Å². The lowest BCUT2D eigenvalue weighted by molar-refractivity contribution is -0.139. The van der Waals surface area contributed by atoms with Crippen LogP contribution in [0.15, 0.2) is 42.5 Å². The first-order valence-corrected chi connectivity index (χ1v) is 19.0. The third-order valence-corrected chi connectivity index (χ3v) is 11.8. The van der Waals surface area contributed by atoms with Crippen LogP contribution in [0.3, 0.4) is 0 Å². The number of allylic oxidation sites excluding steroid dienone is 2. The summed E-state index contributed by atoms with van der Waals surface area (Å²) in [7, 11) is 1.25. The largest absolute Gasteiger partial charge is 0.497 e. The molecule has 2 aromatic rings. The molecule has 1 heterocycles. The van der Waals surface area contributed by atoms with Crippen molar-refractivity contribution in [2.45, 2.75) is 82.0 Å². The molecule has 50 heavy (non-hydrogen) atoms. The fourth-order valence-corrected chi connectivity index (χ4v) is 8.33. The molecule has 0 saturated heterocycles. The van der Waals surface area contributed by atoms with E-state index in [2.05, 4.69) is 26.8 Å². The number of amides is 3. The smallest absolute Gasteiger partial charge is 0.320 e. The van der Waals surface area contributed by atoms with Gasteiger partial charge >= 0.3 is 6.01 Å². The Morgan fingerprint density at radius 2 is 1.68 bits per heavy atom. The molecule has 0 aliphatic heterocycles. The van der Waals surface area contributed by atoms with Crippen molar-refractivity contribution in [2.75, 3.05) is 27.8 Å². The normalized spacial score (nSPS) is 23.7. The number of methoxy groups -OCH3 is 2. The Labute approximate surface area is 294 Å². The van der Waals surface area contributed by atoms with Gasteiger partial charge in [-0.25, -0.2) is 8.42 Å². The zero-order chi connectivity index (χ0) is 35.8. The topological polar surface area (TPSA) is 180 Å². The maximum Gasteiger partial charge on any atom is 0.320 e. The number of sulfonamides is 1. The van der Waals surface area contributed by atoms with Crippen LogP contribution in [-0.4, -0.2) is 80.2 Å². The molecule has 0 radical (unpaired) electrons. The van der Waals surface area contributed by atoms with Crippen molar-refractivity contribution in [2.24, 2.45) is 29.4 Å². The predicted molar refractivity (Wildman–Crippen MR) is 187 cm³/mol. The summed E-state index contributed by atoms with van der Waals surface area (Å²) < 4.78 is 43.7. The van der Waals surface area contributed by atoms with Gasteiger partial charge in [-0.05, 0) is 88.0 Å². The number of unbranched alkanes of at least 4 members (excludes halogenated alkanes) is 2. The van der Waals surface area contributed by atoms with Gasteiger partial charge in [0.1, 0.15) is 11.9 Å². The van der Waals surface area contributed by atoms with E-state index in [9.17, 15) is 22.8 Å². The number of nitrogens with one attached hydrogen (secondary N) is 1. The number of nitrogens with zero attached hydrogens (tertiary/aromatic N) is 3. The van der Waals surface area contributed by atoms with Crippen LogP contribution in [0.25, 0.3) is 11.3 Å². The molecular weight excluding hydrogens is 662 g/mol. The second-order valence-corrected chi connectivity index (χ2v) is 15.5. The van der Waals surface area contributed by atoms with Gasteiger partial charge in [-0.1, -0.05) is 25.0 Å². The van der Waals surface area contributed by atoms with Crippen molar-refractivity contribution < 1.29 is 37.0 Å². The lowest BCUT2D eigenvalue weighted by Crippen LogP contribution is -2.41. The molecule has 0 spiro atoms. The van der Waals surface area contributed by atoms with E-state index in [1.54, 1.807) is 25.1 Å². The summed E-state index contributed by atoms with van der Waals surface area (Å²) in [5.41, 5.74) is 7.16. The molecular formula is C36H49N5O8S. The van der Waals surface area contributed by atoms with Gasteiger partial charge in [0.25, 0.3) is 0 Å². The summed E-state index contributed by atoms with van der Waals surface area (Å²) in [5, 5.41) is -0.423. The summed E-state index contributed by atoms with van der Waals surface area (Å²) in [6, 6.07) is 9.20. The standard InChI is InChI=1S/C36H49N5O8S/c1-41(19-9-5-4-6-10-23-11-7-8-12-28(23)34(43)40-50(45,46)27-17-18-27)35(44)30-21-26(20-29(30)33(37)42)49-32-22-31(38-36(39-32)48-3)24-13-15-25(47-2)16-14-24/h6,10,13-16,22-23,26-30H,4-5,7-9,11-12,17-21H2,1-3H3,(H2,37,42)(H,40,43)/b10-6-/t23-,26-,28+,29-,30-/m1/s1. The molecule has 3 aliphatic carbocycles. The van der Waals surface area contributed by atoms with E-state index in [0.717, 1.165) is 44.1 Å². The number of rotatable bonds is 16. The molecule has 5 atom stereocenters. The summed E-state index contributed by atoms with van der Waals surface area (Å²) in [5.74, 6) is -1.66.